The van der Waals surface area contributed by atoms with Gasteiger partial charge in [-0.3, -0.25) is 4.79 Å². The van der Waals surface area contributed by atoms with Crippen LogP contribution < -0.4 is 11.1 Å². The van der Waals surface area contributed by atoms with Crippen molar-refractivity contribution in [2.45, 2.75) is 46.6 Å². The highest BCUT2D eigenvalue weighted by atomic mass is 32.1. The van der Waals surface area contributed by atoms with Crippen LogP contribution in [0.15, 0.2) is 0 Å². The summed E-state index contributed by atoms with van der Waals surface area (Å²) in [5.41, 5.74) is 5.09. The van der Waals surface area contributed by atoms with Crippen molar-refractivity contribution < 1.29 is 9.53 Å². The van der Waals surface area contributed by atoms with Gasteiger partial charge in [0, 0.05) is 19.3 Å². The molecule has 1 rings (SSSR count). The largest absolute Gasteiger partial charge is 0.392 e. The summed E-state index contributed by atoms with van der Waals surface area (Å²) < 4.78 is 5.30. The molecule has 0 aromatic heterocycles. The topological polar surface area (TPSA) is 64.4 Å². The SMILES string of the molecule is CC(NC(=O)C1(C(N)=S)CCOCC1)C(C)(C)C. The first kappa shape index (κ1) is 15.4. The third-order valence-electron chi connectivity index (χ3n) is 3.90. The van der Waals surface area contributed by atoms with Crippen LogP contribution in [0, 0.1) is 10.8 Å². The van der Waals surface area contributed by atoms with Crippen LogP contribution >= 0.6 is 12.2 Å². The number of ether oxygens (including phenoxy) is 1. The van der Waals surface area contributed by atoms with Crippen molar-refractivity contribution in [2.24, 2.45) is 16.6 Å². The van der Waals surface area contributed by atoms with Crippen LogP contribution in [0.5, 0.6) is 0 Å². The molecule has 104 valence electrons. The van der Waals surface area contributed by atoms with Crippen molar-refractivity contribution in [3.8, 4) is 0 Å². The molecular formula is C13H24N2O2S. The van der Waals surface area contributed by atoms with Gasteiger partial charge in [-0.1, -0.05) is 33.0 Å². The molecule has 4 nitrogen and oxygen atoms in total. The summed E-state index contributed by atoms with van der Waals surface area (Å²) in [5, 5.41) is 3.05. The molecule has 0 radical (unpaired) electrons. The predicted octanol–water partition coefficient (Wildman–Crippen LogP) is 1.62. The van der Waals surface area contributed by atoms with Crippen molar-refractivity contribution in [2.75, 3.05) is 13.2 Å². The van der Waals surface area contributed by atoms with Crippen molar-refractivity contribution in [3.05, 3.63) is 0 Å². The number of nitrogens with one attached hydrogen (secondary N) is 1. The first-order valence-corrected chi connectivity index (χ1v) is 6.79. The number of carbonyl (C=O) groups excluding carboxylic acids is 1. The van der Waals surface area contributed by atoms with Gasteiger partial charge in [-0.2, -0.15) is 0 Å². The average molecular weight is 272 g/mol. The molecule has 1 atom stereocenters. The third kappa shape index (κ3) is 3.20. The minimum Gasteiger partial charge on any atom is -0.392 e. The lowest BCUT2D eigenvalue weighted by atomic mass is 9.78. The van der Waals surface area contributed by atoms with Gasteiger partial charge in [0.1, 0.15) is 5.41 Å². The van der Waals surface area contributed by atoms with Gasteiger partial charge in [-0.15, -0.1) is 0 Å². The highest BCUT2D eigenvalue weighted by Crippen LogP contribution is 2.32. The van der Waals surface area contributed by atoms with Crippen molar-refractivity contribution in [1.29, 1.82) is 0 Å². The maximum atomic E-state index is 12.5. The van der Waals surface area contributed by atoms with Crippen LogP contribution in [-0.4, -0.2) is 30.2 Å². The molecule has 0 aliphatic carbocycles. The molecule has 3 N–H and O–H groups in total. The average Bonchev–Trinajstić information content (AvgIpc) is 2.28. The Bertz CT molecular complexity index is 330. The van der Waals surface area contributed by atoms with Crippen molar-refractivity contribution in [1.82, 2.24) is 5.32 Å². The van der Waals surface area contributed by atoms with E-state index in [1.165, 1.54) is 0 Å². The second-order valence-electron chi connectivity index (χ2n) is 6.12. The fourth-order valence-corrected chi connectivity index (χ4v) is 2.15. The molecule has 0 bridgehead atoms. The van der Waals surface area contributed by atoms with E-state index in [-0.39, 0.29) is 22.4 Å². The molecule has 18 heavy (non-hydrogen) atoms. The minimum atomic E-state index is -0.729. The maximum absolute atomic E-state index is 12.5. The van der Waals surface area contributed by atoms with Gasteiger partial charge < -0.3 is 15.8 Å². The zero-order valence-corrected chi connectivity index (χ0v) is 12.5. The first-order chi connectivity index (χ1) is 8.20. The zero-order valence-electron chi connectivity index (χ0n) is 11.7. The van der Waals surface area contributed by atoms with E-state index < -0.39 is 5.41 Å². The summed E-state index contributed by atoms with van der Waals surface area (Å²) in [6, 6.07) is 0.0686. The van der Waals surface area contributed by atoms with Gasteiger partial charge in [0.15, 0.2) is 0 Å². The number of thiocarbonyl (C=S) groups is 1. The van der Waals surface area contributed by atoms with E-state index in [4.69, 9.17) is 22.7 Å². The van der Waals surface area contributed by atoms with Gasteiger partial charge in [-0.05, 0) is 25.2 Å². The Morgan fingerprint density at radius 1 is 1.39 bits per heavy atom. The van der Waals surface area contributed by atoms with Crippen LogP contribution in [0.4, 0.5) is 0 Å². The van der Waals surface area contributed by atoms with E-state index >= 15 is 0 Å². The standard InChI is InChI=1S/C13H24N2O2S/c1-9(12(2,3)4)15-11(16)13(10(14)18)5-7-17-8-6-13/h9H,5-8H2,1-4H3,(H2,14,18)(H,15,16). The summed E-state index contributed by atoms with van der Waals surface area (Å²) in [7, 11) is 0. The van der Waals surface area contributed by atoms with Crippen molar-refractivity contribution >= 4 is 23.1 Å². The Balaban J connectivity index is 2.81. The second-order valence-corrected chi connectivity index (χ2v) is 6.56. The predicted molar refractivity (Wildman–Crippen MR) is 76.3 cm³/mol. The molecule has 0 aromatic rings. The third-order valence-corrected chi connectivity index (χ3v) is 4.29. The number of rotatable bonds is 3. The maximum Gasteiger partial charge on any atom is 0.233 e. The van der Waals surface area contributed by atoms with Gasteiger partial charge in [0.25, 0.3) is 0 Å². The summed E-state index contributed by atoms with van der Waals surface area (Å²) in [4.78, 5) is 12.8. The van der Waals surface area contributed by atoms with Crippen LogP contribution in [0.25, 0.3) is 0 Å². The van der Waals surface area contributed by atoms with Gasteiger partial charge in [0.05, 0.1) is 4.99 Å². The fraction of sp³-hybridized carbons (Fsp3) is 0.846. The first-order valence-electron chi connectivity index (χ1n) is 6.39. The minimum absolute atomic E-state index is 0.0121. The molecule has 1 aliphatic rings. The number of hydrogen-bond acceptors (Lipinski definition) is 3. The molecule has 0 aromatic carbocycles. The molecule has 5 heteroatoms. The van der Waals surface area contributed by atoms with E-state index in [1.807, 2.05) is 6.92 Å². The van der Waals surface area contributed by atoms with Crippen LogP contribution in [0.3, 0.4) is 0 Å². The fourth-order valence-electron chi connectivity index (χ4n) is 1.86. The lowest BCUT2D eigenvalue weighted by Gasteiger charge is -2.37. The molecule has 1 unspecified atom stereocenters. The quantitative estimate of drug-likeness (QED) is 0.766. The van der Waals surface area contributed by atoms with Crippen LogP contribution in [0.2, 0.25) is 0 Å². The summed E-state index contributed by atoms with van der Waals surface area (Å²) in [5.74, 6) is -0.0549. The molecular weight excluding hydrogens is 248 g/mol. The Labute approximate surface area is 115 Å². The molecule has 1 aliphatic heterocycles. The van der Waals surface area contributed by atoms with Gasteiger partial charge in [-0.25, -0.2) is 0 Å². The smallest absolute Gasteiger partial charge is 0.233 e. The highest BCUT2D eigenvalue weighted by molar-refractivity contribution is 7.80. The summed E-state index contributed by atoms with van der Waals surface area (Å²) in [6.07, 6.45) is 1.15. The van der Waals surface area contributed by atoms with E-state index in [2.05, 4.69) is 26.1 Å². The Hall–Kier alpha value is -0.680. The summed E-state index contributed by atoms with van der Waals surface area (Å²) >= 11 is 5.11. The number of nitrogens with two attached hydrogens (primary N) is 1. The molecule has 1 heterocycles. The van der Waals surface area contributed by atoms with E-state index in [0.717, 1.165) is 0 Å². The molecule has 1 saturated heterocycles. The van der Waals surface area contributed by atoms with E-state index in [1.54, 1.807) is 0 Å². The Kier molecular flexibility index (Phi) is 4.72. The lowest BCUT2D eigenvalue weighted by Crippen LogP contribution is -2.55. The van der Waals surface area contributed by atoms with Gasteiger partial charge >= 0.3 is 0 Å². The number of hydrogen-bond donors (Lipinski definition) is 2. The van der Waals surface area contributed by atoms with E-state index in [0.29, 0.717) is 26.1 Å². The molecule has 1 amide bonds. The monoisotopic (exact) mass is 272 g/mol. The van der Waals surface area contributed by atoms with Crippen LogP contribution in [-0.2, 0) is 9.53 Å². The summed E-state index contributed by atoms with van der Waals surface area (Å²) in [6.45, 7) is 9.36. The Morgan fingerprint density at radius 2 is 1.89 bits per heavy atom. The molecule has 1 fully saturated rings. The second kappa shape index (κ2) is 5.53. The normalized spacial score (nSPS) is 21.1. The number of amides is 1. The van der Waals surface area contributed by atoms with Crippen LogP contribution in [0.1, 0.15) is 40.5 Å². The Morgan fingerprint density at radius 3 is 2.28 bits per heavy atom. The molecule has 0 spiro atoms. The highest BCUT2D eigenvalue weighted by Gasteiger charge is 2.43. The number of carbonyl (C=O) groups is 1. The zero-order chi connectivity index (χ0) is 14.0. The molecule has 0 saturated carbocycles. The van der Waals surface area contributed by atoms with Crippen molar-refractivity contribution in [3.63, 3.8) is 0 Å². The lowest BCUT2D eigenvalue weighted by molar-refractivity contribution is -0.132. The van der Waals surface area contributed by atoms with E-state index in [9.17, 15) is 4.79 Å². The van der Waals surface area contributed by atoms with Gasteiger partial charge in [0.2, 0.25) is 5.91 Å².